The third-order valence-corrected chi connectivity index (χ3v) is 3.72. The first-order chi connectivity index (χ1) is 10.8. The molecule has 0 saturated carbocycles. The van der Waals surface area contributed by atoms with E-state index < -0.39 is 0 Å². The first-order valence-corrected chi connectivity index (χ1v) is 7.27. The summed E-state index contributed by atoms with van der Waals surface area (Å²) >= 11 is 0. The lowest BCUT2D eigenvalue weighted by Gasteiger charge is -2.13. The molecule has 22 heavy (non-hydrogen) atoms. The quantitative estimate of drug-likeness (QED) is 0.401. The fourth-order valence-corrected chi connectivity index (χ4v) is 2.62. The Morgan fingerprint density at radius 1 is 0.727 bits per heavy atom. The van der Waals surface area contributed by atoms with Crippen LogP contribution in [0.2, 0.25) is 0 Å². The van der Waals surface area contributed by atoms with E-state index in [-0.39, 0.29) is 0 Å². The summed E-state index contributed by atoms with van der Waals surface area (Å²) in [6, 6.07) is 25.7. The summed E-state index contributed by atoms with van der Waals surface area (Å²) < 4.78 is 0.925. The van der Waals surface area contributed by atoms with Crippen molar-refractivity contribution < 1.29 is 4.73 Å². The van der Waals surface area contributed by atoms with Gasteiger partial charge in [0.2, 0.25) is 5.69 Å². The Bertz CT molecular complexity index is 792. The van der Waals surface area contributed by atoms with Crippen LogP contribution in [-0.2, 0) is 0 Å². The average molecular weight is 287 g/mol. The van der Waals surface area contributed by atoms with Crippen LogP contribution in [0.15, 0.2) is 85.1 Å². The third-order valence-electron chi connectivity index (χ3n) is 3.72. The van der Waals surface area contributed by atoms with E-state index in [2.05, 4.69) is 19.1 Å². The molecule has 0 fully saturated rings. The molecular weight excluding hydrogens is 270 g/mol. The molecule has 3 rings (SSSR count). The van der Waals surface area contributed by atoms with Gasteiger partial charge in [0, 0.05) is 12.1 Å². The number of aromatic nitrogens is 1. The molecule has 0 unspecified atom stereocenters. The van der Waals surface area contributed by atoms with Gasteiger partial charge in [0.25, 0.3) is 0 Å². The van der Waals surface area contributed by atoms with E-state index >= 15 is 0 Å². The van der Waals surface area contributed by atoms with Crippen molar-refractivity contribution in [3.8, 4) is 0 Å². The van der Waals surface area contributed by atoms with E-state index in [1.165, 1.54) is 6.20 Å². The lowest BCUT2D eigenvalue weighted by atomic mass is 9.93. The van der Waals surface area contributed by atoms with E-state index in [4.69, 9.17) is 0 Å². The zero-order valence-electron chi connectivity index (χ0n) is 12.4. The maximum absolute atomic E-state index is 12.3. The number of benzene rings is 2. The molecule has 2 nitrogen and oxygen atoms in total. The van der Waals surface area contributed by atoms with Gasteiger partial charge in [-0.15, -0.1) is 0 Å². The summed E-state index contributed by atoms with van der Waals surface area (Å²) in [5.41, 5.74) is 4.87. The Hall–Kier alpha value is -2.87. The van der Waals surface area contributed by atoms with Crippen molar-refractivity contribution in [1.82, 2.24) is 0 Å². The van der Waals surface area contributed by atoms with Crippen molar-refractivity contribution >= 4 is 11.1 Å². The highest BCUT2D eigenvalue weighted by Gasteiger charge is 2.17. The molecule has 1 heterocycles. The minimum absolute atomic E-state index is 0.662. The molecule has 0 aliphatic heterocycles. The lowest BCUT2D eigenvalue weighted by molar-refractivity contribution is -0.607. The summed E-state index contributed by atoms with van der Waals surface area (Å²) in [5.74, 6) is 0. The minimum Gasteiger partial charge on any atom is -0.618 e. The second-order valence-corrected chi connectivity index (χ2v) is 5.14. The highest BCUT2D eigenvalue weighted by Crippen LogP contribution is 2.30. The highest BCUT2D eigenvalue weighted by molar-refractivity contribution is 5.96. The summed E-state index contributed by atoms with van der Waals surface area (Å²) in [6.07, 6.45) is 1.54. The maximum Gasteiger partial charge on any atom is 0.224 e. The number of nitrogens with zero attached hydrogens (tertiary/aromatic N) is 1. The van der Waals surface area contributed by atoms with Crippen LogP contribution in [0.5, 0.6) is 0 Å². The predicted octanol–water partition coefficient (Wildman–Crippen LogP) is 4.30. The zero-order valence-corrected chi connectivity index (χ0v) is 12.4. The van der Waals surface area contributed by atoms with Gasteiger partial charge < -0.3 is 5.21 Å². The van der Waals surface area contributed by atoms with Gasteiger partial charge in [-0.1, -0.05) is 60.7 Å². The monoisotopic (exact) mass is 287 g/mol. The molecule has 0 N–H and O–H groups in total. The van der Waals surface area contributed by atoms with Crippen LogP contribution < -0.4 is 4.73 Å². The normalized spacial score (nSPS) is 11.9. The largest absolute Gasteiger partial charge is 0.618 e. The SMILES string of the molecule is C/C(=C(\c1ccccc1)c1cccc[n+]1[O-])c1ccccc1. The third kappa shape index (κ3) is 2.77. The molecule has 0 aliphatic carbocycles. The Labute approximate surface area is 130 Å². The molecule has 0 aliphatic rings. The van der Waals surface area contributed by atoms with Gasteiger partial charge in [0.1, 0.15) is 0 Å². The molecule has 1 aromatic heterocycles. The number of hydrogen-bond acceptors (Lipinski definition) is 1. The molecule has 3 aromatic rings. The van der Waals surface area contributed by atoms with Crippen molar-refractivity contribution in [3.05, 3.63) is 107 Å². The minimum atomic E-state index is 0.662. The molecule has 108 valence electrons. The fourth-order valence-electron chi connectivity index (χ4n) is 2.62. The van der Waals surface area contributed by atoms with E-state index in [1.807, 2.05) is 60.7 Å². The summed E-state index contributed by atoms with van der Waals surface area (Å²) in [4.78, 5) is 0. The number of allylic oxidation sites excluding steroid dienone is 1. The average Bonchev–Trinajstić information content (AvgIpc) is 2.58. The molecule has 2 heteroatoms. The van der Waals surface area contributed by atoms with Gasteiger partial charge in [0.05, 0.1) is 5.57 Å². The maximum atomic E-state index is 12.3. The summed E-state index contributed by atoms with van der Waals surface area (Å²) in [6.45, 7) is 2.06. The molecule has 0 bridgehead atoms. The fraction of sp³-hybridized carbons (Fsp3) is 0.0500. The Kier molecular flexibility index (Phi) is 4.01. The van der Waals surface area contributed by atoms with Gasteiger partial charge in [0.15, 0.2) is 6.20 Å². The van der Waals surface area contributed by atoms with E-state index in [0.29, 0.717) is 5.69 Å². The summed E-state index contributed by atoms with van der Waals surface area (Å²) in [7, 11) is 0. The van der Waals surface area contributed by atoms with Crippen molar-refractivity contribution in [1.29, 1.82) is 0 Å². The number of hydrogen-bond donors (Lipinski definition) is 0. The smallest absolute Gasteiger partial charge is 0.224 e. The van der Waals surface area contributed by atoms with Crippen LogP contribution in [0, 0.1) is 5.21 Å². The first-order valence-electron chi connectivity index (χ1n) is 7.27. The Morgan fingerprint density at radius 3 is 1.86 bits per heavy atom. The summed E-state index contributed by atoms with van der Waals surface area (Å²) in [5, 5.41) is 12.3. The lowest BCUT2D eigenvalue weighted by Crippen LogP contribution is -2.30. The second-order valence-electron chi connectivity index (χ2n) is 5.14. The van der Waals surface area contributed by atoms with Crippen LogP contribution in [-0.4, -0.2) is 0 Å². The van der Waals surface area contributed by atoms with Crippen LogP contribution in [0.3, 0.4) is 0 Å². The first kappa shape index (κ1) is 14.1. The topological polar surface area (TPSA) is 26.9 Å². The van der Waals surface area contributed by atoms with Crippen LogP contribution in [0.1, 0.15) is 23.7 Å². The second kappa shape index (κ2) is 6.27. The van der Waals surface area contributed by atoms with Gasteiger partial charge in [-0.3, -0.25) is 0 Å². The zero-order chi connectivity index (χ0) is 15.4. The molecule has 0 spiro atoms. The highest BCUT2D eigenvalue weighted by atomic mass is 16.5. The Balaban J connectivity index is 2.27. The van der Waals surface area contributed by atoms with Crippen molar-refractivity contribution in [2.24, 2.45) is 0 Å². The van der Waals surface area contributed by atoms with Gasteiger partial charge >= 0.3 is 0 Å². The van der Waals surface area contributed by atoms with Crippen LogP contribution >= 0.6 is 0 Å². The molecule has 0 atom stereocenters. The van der Waals surface area contributed by atoms with Crippen LogP contribution in [0.4, 0.5) is 0 Å². The van der Waals surface area contributed by atoms with E-state index in [9.17, 15) is 5.21 Å². The molecular formula is C20H17NO. The number of pyridine rings is 1. The standard InChI is InChI=1S/C20H17NO/c1-16(17-10-4-2-5-11-17)20(18-12-6-3-7-13-18)19-14-8-9-15-21(19)22/h2-15H,1H3/b20-16-. The predicted molar refractivity (Wildman–Crippen MR) is 89.9 cm³/mol. The molecule has 0 saturated heterocycles. The van der Waals surface area contributed by atoms with Crippen molar-refractivity contribution in [3.63, 3.8) is 0 Å². The van der Waals surface area contributed by atoms with Crippen molar-refractivity contribution in [2.45, 2.75) is 6.92 Å². The molecule has 0 radical (unpaired) electrons. The Morgan fingerprint density at radius 2 is 1.27 bits per heavy atom. The van der Waals surface area contributed by atoms with Gasteiger partial charge in [-0.25, -0.2) is 0 Å². The molecule has 0 amide bonds. The van der Waals surface area contributed by atoms with Crippen molar-refractivity contribution in [2.75, 3.05) is 0 Å². The van der Waals surface area contributed by atoms with E-state index in [0.717, 1.165) is 27.0 Å². The van der Waals surface area contributed by atoms with Crippen LogP contribution in [0.25, 0.3) is 11.1 Å². The van der Waals surface area contributed by atoms with Gasteiger partial charge in [-0.2, -0.15) is 4.73 Å². The van der Waals surface area contributed by atoms with E-state index in [1.54, 1.807) is 6.07 Å². The number of rotatable bonds is 3. The molecule has 2 aromatic carbocycles. The van der Waals surface area contributed by atoms with Gasteiger partial charge in [-0.05, 0) is 29.7 Å².